The van der Waals surface area contributed by atoms with Gasteiger partial charge in [-0.3, -0.25) is 5.10 Å². The summed E-state index contributed by atoms with van der Waals surface area (Å²) >= 11 is 0. The van der Waals surface area contributed by atoms with Crippen molar-refractivity contribution in [1.29, 1.82) is 0 Å². The van der Waals surface area contributed by atoms with Gasteiger partial charge in [-0.2, -0.15) is 5.10 Å². The summed E-state index contributed by atoms with van der Waals surface area (Å²) < 4.78 is 0. The van der Waals surface area contributed by atoms with Gasteiger partial charge in [0.25, 0.3) is 0 Å². The van der Waals surface area contributed by atoms with Crippen molar-refractivity contribution >= 4 is 0 Å². The summed E-state index contributed by atoms with van der Waals surface area (Å²) in [5.41, 5.74) is 0.230. The highest BCUT2D eigenvalue weighted by Gasteiger charge is 2.35. The van der Waals surface area contributed by atoms with Crippen LogP contribution in [0.2, 0.25) is 0 Å². The molecule has 1 atom stereocenters. The molecule has 0 bridgehead atoms. The second-order valence-corrected chi connectivity index (χ2v) is 5.46. The van der Waals surface area contributed by atoms with Gasteiger partial charge in [0.2, 0.25) is 0 Å². The molecule has 1 aliphatic heterocycles. The molecule has 1 aromatic heterocycles. The first-order valence-electron chi connectivity index (χ1n) is 6.44. The van der Waals surface area contributed by atoms with Crippen molar-refractivity contribution in [2.75, 3.05) is 6.54 Å². The Hall–Kier alpha value is -0.900. The molecule has 2 heterocycles. The van der Waals surface area contributed by atoms with Gasteiger partial charge in [0.05, 0.1) is 6.04 Å². The van der Waals surface area contributed by atoms with Crippen LogP contribution >= 0.6 is 0 Å². The number of aromatic nitrogens is 3. The van der Waals surface area contributed by atoms with Crippen LogP contribution in [0.15, 0.2) is 0 Å². The summed E-state index contributed by atoms with van der Waals surface area (Å²) in [6.07, 6.45) is 7.55. The van der Waals surface area contributed by atoms with Gasteiger partial charge in [-0.05, 0) is 32.2 Å². The normalized spacial score (nSPS) is 28.7. The van der Waals surface area contributed by atoms with E-state index in [9.17, 15) is 0 Å². The summed E-state index contributed by atoms with van der Waals surface area (Å²) in [6, 6.07) is 0.409. The van der Waals surface area contributed by atoms with Gasteiger partial charge in [0, 0.05) is 5.41 Å². The fraction of sp³-hybridized carbons (Fsp3) is 0.833. The molecule has 1 saturated heterocycles. The zero-order valence-corrected chi connectivity index (χ0v) is 9.92. The number of H-pyrrole nitrogens is 1. The number of rotatable bonds is 2. The third-order valence-corrected chi connectivity index (χ3v) is 4.14. The minimum atomic E-state index is 0.230. The molecule has 0 spiro atoms. The van der Waals surface area contributed by atoms with Gasteiger partial charge in [-0.15, -0.1) is 0 Å². The van der Waals surface area contributed by atoms with Gasteiger partial charge in [-0.25, -0.2) is 4.98 Å². The fourth-order valence-electron chi connectivity index (χ4n) is 3.00. The third-order valence-electron chi connectivity index (χ3n) is 4.14. The van der Waals surface area contributed by atoms with Gasteiger partial charge in [0.15, 0.2) is 5.82 Å². The second-order valence-electron chi connectivity index (χ2n) is 5.46. The van der Waals surface area contributed by atoms with Crippen LogP contribution in [-0.2, 0) is 5.41 Å². The van der Waals surface area contributed by atoms with E-state index in [4.69, 9.17) is 4.98 Å². The van der Waals surface area contributed by atoms with Crippen molar-refractivity contribution in [3.05, 3.63) is 11.6 Å². The van der Waals surface area contributed by atoms with E-state index in [2.05, 4.69) is 22.4 Å². The average Bonchev–Trinajstić information content (AvgIpc) is 2.98. The third kappa shape index (κ3) is 1.65. The molecule has 1 saturated carbocycles. The lowest BCUT2D eigenvalue weighted by molar-refractivity contribution is 0.459. The predicted octanol–water partition coefficient (Wildman–Crippen LogP) is 2.06. The summed E-state index contributed by atoms with van der Waals surface area (Å²) in [5, 5.41) is 11.0. The Morgan fingerprint density at radius 2 is 2.06 bits per heavy atom. The molecule has 16 heavy (non-hydrogen) atoms. The van der Waals surface area contributed by atoms with Crippen molar-refractivity contribution in [3.63, 3.8) is 0 Å². The quantitative estimate of drug-likeness (QED) is 0.802. The van der Waals surface area contributed by atoms with Crippen molar-refractivity contribution in [2.45, 2.75) is 56.9 Å². The number of hydrogen-bond acceptors (Lipinski definition) is 3. The van der Waals surface area contributed by atoms with E-state index in [0.717, 1.165) is 18.2 Å². The first-order chi connectivity index (χ1) is 7.78. The highest BCUT2D eigenvalue weighted by Crippen LogP contribution is 2.39. The zero-order valence-electron chi connectivity index (χ0n) is 9.92. The van der Waals surface area contributed by atoms with Gasteiger partial charge in [0.1, 0.15) is 5.82 Å². The standard InChI is InChI=1S/C12H20N4/c1-12(6-2-3-7-12)11-14-10(15-16-11)9-5-4-8-13-9/h9,13H,2-8H2,1H3,(H,14,15,16). The Morgan fingerprint density at radius 3 is 2.75 bits per heavy atom. The van der Waals surface area contributed by atoms with Crippen molar-refractivity contribution in [3.8, 4) is 0 Å². The second kappa shape index (κ2) is 3.84. The molecule has 88 valence electrons. The van der Waals surface area contributed by atoms with E-state index in [1.54, 1.807) is 0 Å². The van der Waals surface area contributed by atoms with Gasteiger partial charge >= 0.3 is 0 Å². The van der Waals surface area contributed by atoms with E-state index in [1.807, 2.05) is 0 Å². The molecule has 4 nitrogen and oxygen atoms in total. The molecule has 1 unspecified atom stereocenters. The maximum atomic E-state index is 4.72. The topological polar surface area (TPSA) is 53.6 Å². The lowest BCUT2D eigenvalue weighted by Crippen LogP contribution is -2.19. The maximum absolute atomic E-state index is 4.72. The van der Waals surface area contributed by atoms with E-state index < -0.39 is 0 Å². The first kappa shape index (κ1) is 10.3. The molecule has 0 amide bonds. The fourth-order valence-corrected chi connectivity index (χ4v) is 3.00. The van der Waals surface area contributed by atoms with Gasteiger partial charge < -0.3 is 5.32 Å². The molecule has 2 fully saturated rings. The van der Waals surface area contributed by atoms with E-state index in [0.29, 0.717) is 6.04 Å². The summed E-state index contributed by atoms with van der Waals surface area (Å²) in [7, 11) is 0. The summed E-state index contributed by atoms with van der Waals surface area (Å²) in [4.78, 5) is 4.72. The molecule has 0 aromatic carbocycles. The van der Waals surface area contributed by atoms with Crippen LogP contribution in [0.1, 0.15) is 63.1 Å². The summed E-state index contributed by atoms with van der Waals surface area (Å²) in [5.74, 6) is 2.08. The van der Waals surface area contributed by atoms with Crippen molar-refractivity contribution in [1.82, 2.24) is 20.5 Å². The van der Waals surface area contributed by atoms with Crippen molar-refractivity contribution < 1.29 is 0 Å². The van der Waals surface area contributed by atoms with Crippen molar-refractivity contribution in [2.24, 2.45) is 0 Å². The number of nitrogens with one attached hydrogen (secondary N) is 2. The van der Waals surface area contributed by atoms with Crippen LogP contribution in [0.4, 0.5) is 0 Å². The molecule has 3 rings (SSSR count). The maximum Gasteiger partial charge on any atom is 0.156 e. The molecule has 4 heteroatoms. The number of hydrogen-bond donors (Lipinski definition) is 2. The lowest BCUT2D eigenvalue weighted by Gasteiger charge is -2.18. The predicted molar refractivity (Wildman–Crippen MR) is 62.2 cm³/mol. The van der Waals surface area contributed by atoms with E-state index >= 15 is 0 Å². The minimum absolute atomic E-state index is 0.230. The molecule has 1 aromatic rings. The van der Waals surface area contributed by atoms with Crippen LogP contribution in [-0.4, -0.2) is 21.7 Å². The van der Waals surface area contributed by atoms with Crippen LogP contribution in [0.3, 0.4) is 0 Å². The largest absolute Gasteiger partial charge is 0.307 e. The Labute approximate surface area is 96.2 Å². The Kier molecular flexibility index (Phi) is 2.46. The van der Waals surface area contributed by atoms with Crippen LogP contribution in [0, 0.1) is 0 Å². The highest BCUT2D eigenvalue weighted by molar-refractivity contribution is 5.10. The molecular weight excluding hydrogens is 200 g/mol. The first-order valence-corrected chi connectivity index (χ1v) is 6.44. The monoisotopic (exact) mass is 220 g/mol. The Morgan fingerprint density at radius 1 is 1.25 bits per heavy atom. The average molecular weight is 220 g/mol. The zero-order chi connectivity index (χ0) is 11.0. The van der Waals surface area contributed by atoms with Gasteiger partial charge in [-0.1, -0.05) is 19.8 Å². The molecule has 1 aliphatic carbocycles. The smallest absolute Gasteiger partial charge is 0.156 e. The van der Waals surface area contributed by atoms with Crippen LogP contribution in [0.5, 0.6) is 0 Å². The lowest BCUT2D eigenvalue weighted by atomic mass is 9.88. The van der Waals surface area contributed by atoms with E-state index in [-0.39, 0.29) is 5.41 Å². The van der Waals surface area contributed by atoms with Crippen LogP contribution < -0.4 is 5.32 Å². The number of aromatic amines is 1. The van der Waals surface area contributed by atoms with Crippen LogP contribution in [0.25, 0.3) is 0 Å². The highest BCUT2D eigenvalue weighted by atomic mass is 15.2. The minimum Gasteiger partial charge on any atom is -0.307 e. The SMILES string of the molecule is CC1(c2n[nH]c(C3CCCN3)n2)CCCC1. The molecule has 0 radical (unpaired) electrons. The molecule has 2 aliphatic rings. The Balaban J connectivity index is 1.81. The summed E-state index contributed by atoms with van der Waals surface area (Å²) in [6.45, 7) is 3.41. The van der Waals surface area contributed by atoms with E-state index in [1.165, 1.54) is 38.5 Å². The molecule has 2 N–H and O–H groups in total. The Bertz CT molecular complexity index is 359. The molecular formula is C12H20N4. The number of nitrogens with zero attached hydrogens (tertiary/aromatic N) is 2.